The van der Waals surface area contributed by atoms with Crippen molar-refractivity contribution in [2.24, 2.45) is 10.8 Å². The van der Waals surface area contributed by atoms with Crippen LogP contribution in [-0.2, 0) is 0 Å². The molecule has 0 fully saturated rings. The Kier molecular flexibility index (Phi) is 7.69. The van der Waals surface area contributed by atoms with Crippen LogP contribution >= 0.6 is 0 Å². The average molecular weight is 248 g/mol. The average Bonchev–Trinajstić information content (AvgIpc) is 2.42. The van der Waals surface area contributed by atoms with Gasteiger partial charge in [-0.2, -0.15) is 10.5 Å². The number of rotatable bonds is 9. The third kappa shape index (κ3) is 6.06. The molecule has 0 aromatic heterocycles. The van der Waals surface area contributed by atoms with Crippen LogP contribution in [0.1, 0.15) is 79.1 Å². The first kappa shape index (κ1) is 17.0. The van der Waals surface area contributed by atoms with E-state index >= 15 is 0 Å². The van der Waals surface area contributed by atoms with Crippen molar-refractivity contribution in [1.29, 1.82) is 10.5 Å². The molecule has 0 aliphatic carbocycles. The number of hydrogen-bond acceptors (Lipinski definition) is 2. The fourth-order valence-corrected chi connectivity index (χ4v) is 2.01. The molecule has 0 aromatic rings. The summed E-state index contributed by atoms with van der Waals surface area (Å²) in [4.78, 5) is 0. The molecule has 18 heavy (non-hydrogen) atoms. The Balaban J connectivity index is 3.72. The van der Waals surface area contributed by atoms with Crippen LogP contribution in [0.3, 0.4) is 0 Å². The third-order valence-electron chi connectivity index (χ3n) is 4.31. The summed E-state index contributed by atoms with van der Waals surface area (Å²) in [6.45, 7) is 8.28. The Morgan fingerprint density at radius 2 is 1.06 bits per heavy atom. The van der Waals surface area contributed by atoms with Crippen LogP contribution < -0.4 is 0 Å². The highest BCUT2D eigenvalue weighted by molar-refractivity contribution is 4.95. The maximum atomic E-state index is 9.07. The molecule has 0 spiro atoms. The lowest BCUT2D eigenvalue weighted by Gasteiger charge is -2.20. The van der Waals surface area contributed by atoms with E-state index in [-0.39, 0.29) is 10.8 Å². The second kappa shape index (κ2) is 8.15. The molecule has 102 valence electrons. The van der Waals surface area contributed by atoms with Crippen molar-refractivity contribution >= 4 is 0 Å². The molecule has 0 heterocycles. The highest BCUT2D eigenvalue weighted by Gasteiger charge is 2.21. The van der Waals surface area contributed by atoms with Gasteiger partial charge in [0.15, 0.2) is 0 Å². The second-order valence-electron chi connectivity index (χ2n) is 5.97. The van der Waals surface area contributed by atoms with Crippen molar-refractivity contribution in [3.63, 3.8) is 0 Å². The van der Waals surface area contributed by atoms with Crippen LogP contribution in [-0.4, -0.2) is 0 Å². The molecule has 0 aromatic carbocycles. The third-order valence-corrected chi connectivity index (χ3v) is 4.31. The van der Waals surface area contributed by atoms with Gasteiger partial charge in [0, 0.05) is 0 Å². The van der Waals surface area contributed by atoms with Gasteiger partial charge in [-0.05, 0) is 39.5 Å². The highest BCUT2D eigenvalue weighted by Crippen LogP contribution is 2.29. The van der Waals surface area contributed by atoms with E-state index in [1.165, 1.54) is 12.8 Å². The van der Waals surface area contributed by atoms with Gasteiger partial charge in [-0.15, -0.1) is 0 Å². The lowest BCUT2D eigenvalue weighted by atomic mass is 9.82. The van der Waals surface area contributed by atoms with Crippen LogP contribution in [0.15, 0.2) is 0 Å². The smallest absolute Gasteiger partial charge is 0.0686 e. The van der Waals surface area contributed by atoms with Gasteiger partial charge in [-0.3, -0.25) is 0 Å². The molecule has 2 unspecified atom stereocenters. The standard InChI is InChI=1S/C16H28N2/c1-5-15(3,13-17)11-9-7-8-10-12-16(4,6-2)14-18/h5-12H2,1-4H3. The highest BCUT2D eigenvalue weighted by atomic mass is 14.3. The van der Waals surface area contributed by atoms with Gasteiger partial charge in [-0.1, -0.05) is 39.5 Å². The summed E-state index contributed by atoms with van der Waals surface area (Å²) in [6.07, 6.45) is 8.51. The summed E-state index contributed by atoms with van der Waals surface area (Å²) in [7, 11) is 0. The van der Waals surface area contributed by atoms with E-state index in [1.807, 2.05) is 0 Å². The van der Waals surface area contributed by atoms with Crippen molar-refractivity contribution in [3.8, 4) is 12.1 Å². The molecule has 0 aliphatic heterocycles. The zero-order valence-corrected chi connectivity index (χ0v) is 12.6. The van der Waals surface area contributed by atoms with E-state index in [9.17, 15) is 0 Å². The Labute approximate surface area is 113 Å². The van der Waals surface area contributed by atoms with Crippen LogP contribution in [0.5, 0.6) is 0 Å². The van der Waals surface area contributed by atoms with Gasteiger partial charge < -0.3 is 0 Å². The molecule has 0 aliphatic rings. The maximum Gasteiger partial charge on any atom is 0.0686 e. The lowest BCUT2D eigenvalue weighted by molar-refractivity contribution is 0.350. The predicted octanol–water partition coefficient (Wildman–Crippen LogP) is 5.21. The molecule has 2 nitrogen and oxygen atoms in total. The number of nitriles is 2. The van der Waals surface area contributed by atoms with Crippen molar-refractivity contribution < 1.29 is 0 Å². The van der Waals surface area contributed by atoms with Crippen LogP contribution in [0.4, 0.5) is 0 Å². The Morgan fingerprint density at radius 3 is 1.28 bits per heavy atom. The van der Waals surface area contributed by atoms with Crippen LogP contribution in [0.2, 0.25) is 0 Å². The first-order valence-electron chi connectivity index (χ1n) is 7.28. The van der Waals surface area contributed by atoms with E-state index in [2.05, 4.69) is 39.8 Å². The number of hydrogen-bond donors (Lipinski definition) is 0. The zero-order valence-electron chi connectivity index (χ0n) is 12.6. The van der Waals surface area contributed by atoms with Crippen LogP contribution in [0, 0.1) is 33.5 Å². The summed E-state index contributed by atoms with van der Waals surface area (Å²) < 4.78 is 0. The maximum absolute atomic E-state index is 9.07. The first-order valence-corrected chi connectivity index (χ1v) is 7.28. The molecule has 0 saturated heterocycles. The van der Waals surface area contributed by atoms with Gasteiger partial charge in [-0.25, -0.2) is 0 Å². The molecule has 0 bridgehead atoms. The molecule has 0 rings (SSSR count). The fourth-order valence-electron chi connectivity index (χ4n) is 2.01. The van der Waals surface area contributed by atoms with E-state index in [1.54, 1.807) is 0 Å². The molecular formula is C16H28N2. The molecular weight excluding hydrogens is 220 g/mol. The largest absolute Gasteiger partial charge is 0.198 e. The minimum absolute atomic E-state index is 0.134. The Bertz CT molecular complexity index is 278. The fraction of sp³-hybridized carbons (Fsp3) is 0.875. The summed E-state index contributed by atoms with van der Waals surface area (Å²) in [5, 5.41) is 18.1. The molecule has 0 N–H and O–H groups in total. The summed E-state index contributed by atoms with van der Waals surface area (Å²) in [5.74, 6) is 0. The molecule has 0 amide bonds. The predicted molar refractivity (Wildman–Crippen MR) is 75.7 cm³/mol. The van der Waals surface area contributed by atoms with Crippen molar-refractivity contribution in [2.75, 3.05) is 0 Å². The van der Waals surface area contributed by atoms with E-state index in [0.29, 0.717) is 0 Å². The second-order valence-corrected chi connectivity index (χ2v) is 5.97. The summed E-state index contributed by atoms with van der Waals surface area (Å²) >= 11 is 0. The van der Waals surface area contributed by atoms with E-state index in [0.717, 1.165) is 38.5 Å². The van der Waals surface area contributed by atoms with Crippen LogP contribution in [0.25, 0.3) is 0 Å². The summed E-state index contributed by atoms with van der Waals surface area (Å²) in [5.41, 5.74) is -0.269. The van der Waals surface area contributed by atoms with Crippen molar-refractivity contribution in [2.45, 2.75) is 79.1 Å². The molecule has 0 radical (unpaired) electrons. The Morgan fingerprint density at radius 1 is 0.722 bits per heavy atom. The monoisotopic (exact) mass is 248 g/mol. The summed E-state index contributed by atoms with van der Waals surface area (Å²) in [6, 6.07) is 4.84. The first-order chi connectivity index (χ1) is 8.45. The lowest BCUT2D eigenvalue weighted by Crippen LogP contribution is -2.12. The number of unbranched alkanes of at least 4 members (excludes halogenated alkanes) is 3. The quantitative estimate of drug-likeness (QED) is 0.526. The van der Waals surface area contributed by atoms with Gasteiger partial charge in [0.2, 0.25) is 0 Å². The van der Waals surface area contributed by atoms with E-state index in [4.69, 9.17) is 10.5 Å². The van der Waals surface area contributed by atoms with Gasteiger partial charge in [0.25, 0.3) is 0 Å². The Hall–Kier alpha value is -1.02. The minimum atomic E-state index is -0.134. The van der Waals surface area contributed by atoms with E-state index < -0.39 is 0 Å². The minimum Gasteiger partial charge on any atom is -0.198 e. The molecule has 2 atom stereocenters. The normalized spacial score (nSPS) is 17.2. The van der Waals surface area contributed by atoms with Gasteiger partial charge >= 0.3 is 0 Å². The van der Waals surface area contributed by atoms with Gasteiger partial charge in [0.1, 0.15) is 0 Å². The molecule has 2 heteroatoms. The topological polar surface area (TPSA) is 47.6 Å². The molecule has 0 saturated carbocycles. The van der Waals surface area contributed by atoms with Gasteiger partial charge in [0.05, 0.1) is 23.0 Å². The van der Waals surface area contributed by atoms with Crippen molar-refractivity contribution in [3.05, 3.63) is 0 Å². The van der Waals surface area contributed by atoms with Crippen molar-refractivity contribution in [1.82, 2.24) is 0 Å². The number of nitrogens with zero attached hydrogens (tertiary/aromatic N) is 2. The SMILES string of the molecule is CCC(C)(C#N)CCCCCCC(C)(C#N)CC. The zero-order chi connectivity index (χ0) is 14.1.